The molecule has 2 rings (SSSR count). The minimum absolute atomic E-state index is 0.536. The van der Waals surface area contributed by atoms with E-state index < -0.39 is 0 Å². The van der Waals surface area contributed by atoms with Crippen LogP contribution in [0, 0.1) is 5.92 Å². The van der Waals surface area contributed by atoms with Crippen molar-refractivity contribution in [1.82, 2.24) is 0 Å². The highest BCUT2D eigenvalue weighted by Crippen LogP contribution is 2.14. The molecule has 0 amide bonds. The van der Waals surface area contributed by atoms with Gasteiger partial charge < -0.3 is 17.2 Å². The summed E-state index contributed by atoms with van der Waals surface area (Å²) < 4.78 is 0. The highest BCUT2D eigenvalue weighted by atomic mass is 14.6. The molecule has 1 aromatic carbocycles. The fraction of sp³-hybridized carbons (Fsp3) is 0.750. The second-order valence-corrected chi connectivity index (χ2v) is 5.44. The van der Waals surface area contributed by atoms with Crippen molar-refractivity contribution < 1.29 is 0 Å². The Bertz CT molecular complexity index is 281. The molecular weight excluding hydrogens is 330 g/mol. The van der Waals surface area contributed by atoms with Gasteiger partial charge in [0.2, 0.25) is 0 Å². The summed E-state index contributed by atoms with van der Waals surface area (Å²) in [4.78, 5) is 0. The van der Waals surface area contributed by atoms with E-state index >= 15 is 0 Å². The third-order valence-corrected chi connectivity index (χ3v) is 2.92. The van der Waals surface area contributed by atoms with Gasteiger partial charge in [0.1, 0.15) is 0 Å². The fourth-order valence-electron chi connectivity index (χ4n) is 1.59. The molecule has 27 heavy (non-hydrogen) atoms. The number of benzene rings is 1. The number of hydrogen-bond acceptors (Lipinski definition) is 3. The van der Waals surface area contributed by atoms with Gasteiger partial charge in [-0.3, -0.25) is 0 Å². The van der Waals surface area contributed by atoms with Gasteiger partial charge in [-0.25, -0.2) is 0 Å². The van der Waals surface area contributed by atoms with Crippen LogP contribution in [0.15, 0.2) is 30.3 Å². The summed E-state index contributed by atoms with van der Waals surface area (Å²) in [5.74, 6) is 0.662. The number of nitrogens with two attached hydrogens (primary N) is 3. The quantitative estimate of drug-likeness (QED) is 0.445. The average Bonchev–Trinajstić information content (AvgIpc) is 2.76. The summed E-state index contributed by atoms with van der Waals surface area (Å²) in [7, 11) is 0. The van der Waals surface area contributed by atoms with E-state index in [9.17, 15) is 0 Å². The van der Waals surface area contributed by atoms with E-state index in [1.165, 1.54) is 32.1 Å². The van der Waals surface area contributed by atoms with Crippen LogP contribution in [0.5, 0.6) is 0 Å². The van der Waals surface area contributed by atoms with Crippen LogP contribution < -0.4 is 17.2 Å². The molecule has 0 bridgehead atoms. The Kier molecular flexibility index (Phi) is 54.3. The van der Waals surface area contributed by atoms with Crippen LogP contribution in [0.4, 0.5) is 5.69 Å². The Morgan fingerprint density at radius 2 is 1.11 bits per heavy atom. The molecule has 0 unspecified atom stereocenters. The minimum Gasteiger partial charge on any atom is -0.399 e. The molecular formula is C24H55N3. The molecule has 0 saturated heterocycles. The predicted molar refractivity (Wildman–Crippen MR) is 131 cm³/mol. The molecule has 1 aromatic rings. The van der Waals surface area contributed by atoms with Crippen LogP contribution >= 0.6 is 0 Å². The molecule has 166 valence electrons. The molecule has 1 fully saturated rings. The lowest BCUT2D eigenvalue weighted by atomic mass is 9.97. The number of anilines is 1. The molecule has 0 atom stereocenters. The lowest BCUT2D eigenvalue weighted by Crippen LogP contribution is -2.22. The van der Waals surface area contributed by atoms with Crippen molar-refractivity contribution in [2.24, 2.45) is 17.4 Å². The Morgan fingerprint density at radius 1 is 0.778 bits per heavy atom. The zero-order chi connectivity index (χ0) is 22.5. The first-order chi connectivity index (χ1) is 13.1. The van der Waals surface area contributed by atoms with E-state index in [2.05, 4.69) is 13.8 Å². The van der Waals surface area contributed by atoms with E-state index in [-0.39, 0.29) is 0 Å². The summed E-state index contributed by atoms with van der Waals surface area (Å²) in [6, 6.07) is 10.0. The summed E-state index contributed by atoms with van der Waals surface area (Å²) >= 11 is 0. The largest absolute Gasteiger partial charge is 0.399 e. The van der Waals surface area contributed by atoms with Gasteiger partial charge in [0.15, 0.2) is 0 Å². The third kappa shape index (κ3) is 45.7. The molecule has 0 spiro atoms. The summed E-state index contributed by atoms with van der Waals surface area (Å²) in [5, 5.41) is 0. The van der Waals surface area contributed by atoms with Gasteiger partial charge >= 0.3 is 0 Å². The number of hydrogen-bond donors (Lipinski definition) is 3. The van der Waals surface area contributed by atoms with Crippen molar-refractivity contribution in [2.45, 2.75) is 107 Å². The molecule has 1 saturated carbocycles. The molecule has 6 N–H and O–H groups in total. The fourth-order valence-corrected chi connectivity index (χ4v) is 1.59. The van der Waals surface area contributed by atoms with Gasteiger partial charge in [0.05, 0.1) is 0 Å². The van der Waals surface area contributed by atoms with Crippen molar-refractivity contribution in [1.29, 1.82) is 0 Å². The molecule has 3 nitrogen and oxygen atoms in total. The molecule has 0 radical (unpaired) electrons. The standard InChI is InChI=1S/C6H13N.C6H7N.C4H11N.4C2H6/c2*7-6-4-2-1-3-5-6;1-4(2)3-5;4*1-2/h6H,1-5,7H2;1-5H,7H2;4H,3,5H2,1-2H3;4*1-2H3. The maximum absolute atomic E-state index is 5.63. The number of nitrogen functional groups attached to an aromatic ring is 1. The van der Waals surface area contributed by atoms with Crippen molar-refractivity contribution in [3.8, 4) is 0 Å². The van der Waals surface area contributed by atoms with Crippen molar-refractivity contribution >= 4 is 5.69 Å². The van der Waals surface area contributed by atoms with E-state index in [1.807, 2.05) is 85.7 Å². The smallest absolute Gasteiger partial charge is 0.0313 e. The molecule has 0 aromatic heterocycles. The maximum Gasteiger partial charge on any atom is 0.0313 e. The monoisotopic (exact) mass is 385 g/mol. The second-order valence-electron chi connectivity index (χ2n) is 5.44. The minimum atomic E-state index is 0.536. The van der Waals surface area contributed by atoms with E-state index in [4.69, 9.17) is 17.2 Å². The van der Waals surface area contributed by atoms with Gasteiger partial charge in [-0.2, -0.15) is 0 Å². The topological polar surface area (TPSA) is 78.1 Å². The van der Waals surface area contributed by atoms with Crippen LogP contribution in [0.3, 0.4) is 0 Å². The maximum atomic E-state index is 5.63. The number of rotatable bonds is 1. The first-order valence-electron chi connectivity index (χ1n) is 11.3. The van der Waals surface area contributed by atoms with Crippen molar-refractivity contribution in [3.05, 3.63) is 30.3 Å². The molecule has 0 heterocycles. The van der Waals surface area contributed by atoms with Gasteiger partial charge in [-0.1, -0.05) is 107 Å². The zero-order valence-corrected chi connectivity index (χ0v) is 20.5. The van der Waals surface area contributed by atoms with Crippen LogP contribution in [-0.4, -0.2) is 12.6 Å². The molecule has 0 aliphatic heterocycles. The highest BCUT2D eigenvalue weighted by Gasteiger charge is 2.06. The van der Waals surface area contributed by atoms with Crippen molar-refractivity contribution in [3.63, 3.8) is 0 Å². The molecule has 1 aliphatic rings. The second kappa shape index (κ2) is 39.8. The van der Waals surface area contributed by atoms with E-state index in [1.54, 1.807) is 0 Å². The molecule has 1 aliphatic carbocycles. The average molecular weight is 386 g/mol. The van der Waals surface area contributed by atoms with Crippen LogP contribution in [0.1, 0.15) is 101 Å². The SMILES string of the molecule is CC.CC.CC.CC.CC(C)CN.NC1CCCCC1.Nc1ccccc1. The van der Waals surface area contributed by atoms with Gasteiger partial charge in [0.25, 0.3) is 0 Å². The van der Waals surface area contributed by atoms with Gasteiger partial charge in [-0.05, 0) is 37.4 Å². The van der Waals surface area contributed by atoms with Gasteiger partial charge in [0, 0.05) is 11.7 Å². The van der Waals surface area contributed by atoms with Crippen LogP contribution in [-0.2, 0) is 0 Å². The Morgan fingerprint density at radius 3 is 1.26 bits per heavy atom. The summed E-state index contributed by atoms with van der Waals surface area (Å²) in [6.07, 6.45) is 6.66. The Balaban J connectivity index is -0.0000000764. The third-order valence-electron chi connectivity index (χ3n) is 2.92. The normalized spacial score (nSPS) is 11.4. The summed E-state index contributed by atoms with van der Waals surface area (Å²) in [5.41, 5.74) is 17.0. The highest BCUT2D eigenvalue weighted by molar-refractivity contribution is 5.35. The van der Waals surface area contributed by atoms with E-state index in [0.29, 0.717) is 12.0 Å². The first kappa shape index (κ1) is 36.8. The number of para-hydroxylation sites is 1. The van der Waals surface area contributed by atoms with E-state index in [0.717, 1.165) is 12.2 Å². The lowest BCUT2D eigenvalue weighted by Gasteiger charge is -2.15. The zero-order valence-electron chi connectivity index (χ0n) is 20.5. The Hall–Kier alpha value is -1.06. The van der Waals surface area contributed by atoms with Crippen LogP contribution in [0.25, 0.3) is 0 Å². The predicted octanol–water partition coefficient (Wildman–Crippen LogP) is 7.25. The molecule has 3 heteroatoms. The van der Waals surface area contributed by atoms with Gasteiger partial charge in [-0.15, -0.1) is 0 Å². The lowest BCUT2D eigenvalue weighted by molar-refractivity contribution is 0.441. The Labute approximate surface area is 173 Å². The first-order valence-corrected chi connectivity index (χ1v) is 11.3. The summed E-state index contributed by atoms with van der Waals surface area (Å²) in [6.45, 7) is 21.0. The van der Waals surface area contributed by atoms with Crippen molar-refractivity contribution in [2.75, 3.05) is 12.3 Å². The van der Waals surface area contributed by atoms with Crippen LogP contribution in [0.2, 0.25) is 0 Å².